The molecule has 1 heterocycles. The zero-order valence-electron chi connectivity index (χ0n) is 19.9. The summed E-state index contributed by atoms with van der Waals surface area (Å²) in [5, 5.41) is 0. The molecule has 1 rings (SSSR count). The molecule has 0 aliphatic carbocycles. The predicted octanol–water partition coefficient (Wildman–Crippen LogP) is 9.44. The van der Waals surface area contributed by atoms with Crippen LogP contribution in [0.4, 0.5) is 0 Å². The SMILES string of the molecule is CCC[CH2][Sn](/[CH]=C(C)/C=C/C=C(\C)CCCc1ccoc1)([CH2]CCC)[CH2]CCC. The standard InChI is InChI=1S/C15H19O.3C4H9.Sn/c1-13(2)6-4-7-14(3)8-5-9-15-10-11-16-12-15;3*1-3-4-2;/h1,4,6-7,10-12H,5,8-9H2,2-3H3;3*1,3-4H2,2H3;/b6-4+,13-1?,14-7+;;;;. The third-order valence-corrected chi connectivity index (χ3v) is 20.6. The van der Waals surface area contributed by atoms with Crippen molar-refractivity contribution in [2.75, 3.05) is 0 Å². The van der Waals surface area contributed by atoms with Gasteiger partial charge in [-0.1, -0.05) is 0 Å². The van der Waals surface area contributed by atoms with Gasteiger partial charge in [-0.05, 0) is 0 Å². The molecule has 164 valence electrons. The molecule has 0 aliphatic heterocycles. The average Bonchev–Trinajstić information content (AvgIpc) is 3.22. The zero-order chi connectivity index (χ0) is 21.4. The van der Waals surface area contributed by atoms with Crippen LogP contribution in [0.5, 0.6) is 0 Å². The Balaban J connectivity index is 2.70. The van der Waals surface area contributed by atoms with Gasteiger partial charge < -0.3 is 0 Å². The van der Waals surface area contributed by atoms with Gasteiger partial charge in [-0.25, -0.2) is 0 Å². The fraction of sp³-hybridized carbons (Fsp3) is 0.630. The van der Waals surface area contributed by atoms with Gasteiger partial charge in [-0.15, -0.1) is 0 Å². The summed E-state index contributed by atoms with van der Waals surface area (Å²) < 4.78 is 12.6. The Morgan fingerprint density at radius 2 is 1.55 bits per heavy atom. The summed E-state index contributed by atoms with van der Waals surface area (Å²) in [6.45, 7) is 11.7. The van der Waals surface area contributed by atoms with E-state index in [0.29, 0.717) is 0 Å². The summed E-state index contributed by atoms with van der Waals surface area (Å²) in [6, 6.07) is 2.07. The molecule has 1 aromatic heterocycles. The molecule has 0 aromatic carbocycles. The third-order valence-electron chi connectivity index (χ3n) is 5.98. The molecular formula is C27H46OSn. The zero-order valence-corrected chi connectivity index (χ0v) is 22.8. The Labute approximate surface area is 185 Å². The van der Waals surface area contributed by atoms with Crippen molar-refractivity contribution >= 4 is 18.4 Å². The van der Waals surface area contributed by atoms with Crippen LogP contribution in [0.25, 0.3) is 0 Å². The predicted molar refractivity (Wildman–Crippen MR) is 133 cm³/mol. The average molecular weight is 505 g/mol. The van der Waals surface area contributed by atoms with Gasteiger partial charge in [-0.2, -0.15) is 0 Å². The van der Waals surface area contributed by atoms with Gasteiger partial charge in [0.25, 0.3) is 0 Å². The minimum atomic E-state index is -2.16. The minimum absolute atomic E-state index is 1.10. The van der Waals surface area contributed by atoms with Crippen LogP contribution in [-0.2, 0) is 6.42 Å². The van der Waals surface area contributed by atoms with Crippen molar-refractivity contribution in [3.8, 4) is 0 Å². The molecule has 0 spiro atoms. The van der Waals surface area contributed by atoms with E-state index in [2.05, 4.69) is 63.0 Å². The normalized spacial score (nSPS) is 13.6. The second kappa shape index (κ2) is 16.0. The summed E-state index contributed by atoms with van der Waals surface area (Å²) in [6.07, 6.45) is 22.4. The van der Waals surface area contributed by atoms with Crippen LogP contribution in [0.2, 0.25) is 13.3 Å². The fourth-order valence-electron chi connectivity index (χ4n) is 4.16. The second-order valence-corrected chi connectivity index (χ2v) is 21.8. The van der Waals surface area contributed by atoms with Crippen LogP contribution in [0.15, 0.2) is 56.5 Å². The Morgan fingerprint density at radius 3 is 2.07 bits per heavy atom. The molecule has 29 heavy (non-hydrogen) atoms. The molecule has 0 fully saturated rings. The summed E-state index contributed by atoms with van der Waals surface area (Å²) >= 11 is -2.16. The van der Waals surface area contributed by atoms with Gasteiger partial charge in [0.05, 0.1) is 0 Å². The van der Waals surface area contributed by atoms with E-state index in [1.807, 2.05) is 6.26 Å². The second-order valence-electron chi connectivity index (χ2n) is 8.92. The number of rotatable bonds is 16. The maximum absolute atomic E-state index is 5.15. The van der Waals surface area contributed by atoms with Crippen molar-refractivity contribution in [3.63, 3.8) is 0 Å². The Kier molecular flexibility index (Phi) is 14.6. The molecule has 2 heteroatoms. The summed E-state index contributed by atoms with van der Waals surface area (Å²) in [5.41, 5.74) is 4.30. The van der Waals surface area contributed by atoms with E-state index >= 15 is 0 Å². The molecule has 0 N–H and O–H groups in total. The molecule has 1 nitrogen and oxygen atoms in total. The van der Waals surface area contributed by atoms with Crippen LogP contribution in [-0.4, -0.2) is 18.4 Å². The molecule has 0 bridgehead atoms. The third kappa shape index (κ3) is 11.9. The summed E-state index contributed by atoms with van der Waals surface area (Å²) in [4.78, 5) is 0. The molecule has 0 amide bonds. The molecule has 0 radical (unpaired) electrons. The van der Waals surface area contributed by atoms with E-state index in [-0.39, 0.29) is 0 Å². The van der Waals surface area contributed by atoms with Gasteiger partial charge >= 0.3 is 186 Å². The molecule has 0 saturated carbocycles. The first-order valence-electron chi connectivity index (χ1n) is 12.1. The molecule has 0 atom stereocenters. The maximum atomic E-state index is 5.15. The van der Waals surface area contributed by atoms with Gasteiger partial charge in [0.2, 0.25) is 0 Å². The van der Waals surface area contributed by atoms with Crippen LogP contribution in [0, 0.1) is 0 Å². The van der Waals surface area contributed by atoms with E-state index in [1.54, 1.807) is 19.6 Å². The van der Waals surface area contributed by atoms with E-state index < -0.39 is 18.4 Å². The number of unbranched alkanes of at least 4 members (excludes halogenated alkanes) is 3. The van der Waals surface area contributed by atoms with Crippen LogP contribution >= 0.6 is 0 Å². The Morgan fingerprint density at radius 1 is 0.931 bits per heavy atom. The first kappa shape index (κ1) is 26.3. The van der Waals surface area contributed by atoms with Gasteiger partial charge in [0.15, 0.2) is 0 Å². The van der Waals surface area contributed by atoms with Crippen molar-refractivity contribution in [2.24, 2.45) is 0 Å². The van der Waals surface area contributed by atoms with Crippen LogP contribution in [0.1, 0.15) is 91.5 Å². The van der Waals surface area contributed by atoms with Crippen molar-refractivity contribution in [3.05, 3.63) is 57.6 Å². The number of hydrogen-bond donors (Lipinski definition) is 0. The van der Waals surface area contributed by atoms with E-state index in [9.17, 15) is 0 Å². The number of aryl methyl sites for hydroxylation is 1. The van der Waals surface area contributed by atoms with E-state index in [1.165, 1.54) is 61.7 Å². The quantitative estimate of drug-likeness (QED) is 0.161. The number of hydrogen-bond acceptors (Lipinski definition) is 1. The van der Waals surface area contributed by atoms with Gasteiger partial charge in [0.1, 0.15) is 0 Å². The van der Waals surface area contributed by atoms with Gasteiger partial charge in [0, 0.05) is 0 Å². The molecular weight excluding hydrogens is 459 g/mol. The Bertz CT molecular complexity index is 585. The van der Waals surface area contributed by atoms with Crippen molar-refractivity contribution in [1.82, 2.24) is 0 Å². The van der Waals surface area contributed by atoms with Crippen LogP contribution < -0.4 is 0 Å². The van der Waals surface area contributed by atoms with Gasteiger partial charge in [-0.3, -0.25) is 0 Å². The summed E-state index contributed by atoms with van der Waals surface area (Å²) in [5.74, 6) is 0. The summed E-state index contributed by atoms with van der Waals surface area (Å²) in [7, 11) is 0. The molecule has 0 unspecified atom stereocenters. The van der Waals surface area contributed by atoms with E-state index in [4.69, 9.17) is 4.42 Å². The number of allylic oxidation sites excluding steroid dienone is 5. The topological polar surface area (TPSA) is 13.1 Å². The van der Waals surface area contributed by atoms with Crippen molar-refractivity contribution in [2.45, 2.75) is 106 Å². The van der Waals surface area contributed by atoms with Crippen molar-refractivity contribution in [1.29, 1.82) is 0 Å². The number of furan rings is 1. The first-order chi connectivity index (χ1) is 14.0. The fourth-order valence-corrected chi connectivity index (χ4v) is 19.6. The van der Waals surface area contributed by atoms with Crippen molar-refractivity contribution < 1.29 is 4.42 Å². The Hall–Kier alpha value is -0.701. The molecule has 0 saturated heterocycles. The van der Waals surface area contributed by atoms with Crippen LogP contribution in [0.3, 0.4) is 0 Å². The van der Waals surface area contributed by atoms with E-state index in [0.717, 1.165) is 12.8 Å². The monoisotopic (exact) mass is 506 g/mol. The molecule has 0 aliphatic rings. The first-order valence-corrected chi connectivity index (χ1v) is 19.8. The molecule has 1 aromatic rings.